The molecule has 0 aliphatic heterocycles. The van der Waals surface area contributed by atoms with Crippen LogP contribution in [0.25, 0.3) is 0 Å². The maximum atomic E-state index is 11.7. The predicted molar refractivity (Wildman–Crippen MR) is 77.7 cm³/mol. The zero-order valence-electron chi connectivity index (χ0n) is 12.9. The summed E-state index contributed by atoms with van der Waals surface area (Å²) in [6.45, 7) is 13.1. The Balaban J connectivity index is 3.75. The zero-order chi connectivity index (χ0) is 14.1. The lowest BCUT2D eigenvalue weighted by Crippen LogP contribution is -2.46. The molecule has 2 N–H and O–H groups in total. The number of amides is 1. The van der Waals surface area contributed by atoms with Gasteiger partial charge < -0.3 is 15.5 Å². The van der Waals surface area contributed by atoms with Crippen molar-refractivity contribution in [2.45, 2.75) is 53.1 Å². The first kappa shape index (κ1) is 17.4. The third-order valence-electron chi connectivity index (χ3n) is 3.34. The minimum absolute atomic E-state index is 0.0925. The van der Waals surface area contributed by atoms with Crippen molar-refractivity contribution in [3.05, 3.63) is 0 Å². The van der Waals surface area contributed by atoms with E-state index in [1.54, 1.807) is 0 Å². The molecule has 18 heavy (non-hydrogen) atoms. The fourth-order valence-corrected chi connectivity index (χ4v) is 1.54. The average Bonchev–Trinajstić information content (AvgIpc) is 2.34. The van der Waals surface area contributed by atoms with Crippen LogP contribution in [0.4, 0.5) is 0 Å². The van der Waals surface area contributed by atoms with Gasteiger partial charge in [-0.3, -0.25) is 4.79 Å². The third-order valence-corrected chi connectivity index (χ3v) is 3.34. The second-order valence-corrected chi connectivity index (χ2v) is 5.55. The standard InChI is InChI=1S/C14H31N3O/c1-7-12(4)17(6)9-8-15-13(5)14(18)16-10-11(2)3/h11-13,15H,7-10H2,1-6H3,(H,16,18). The van der Waals surface area contributed by atoms with Gasteiger partial charge in [-0.05, 0) is 33.2 Å². The summed E-state index contributed by atoms with van der Waals surface area (Å²) in [5.41, 5.74) is 0. The molecule has 0 fully saturated rings. The lowest BCUT2D eigenvalue weighted by Gasteiger charge is -2.24. The molecule has 0 saturated carbocycles. The predicted octanol–water partition coefficient (Wildman–Crippen LogP) is 1.47. The number of carbonyl (C=O) groups is 1. The molecule has 0 bridgehead atoms. The molecule has 4 heteroatoms. The van der Waals surface area contributed by atoms with Gasteiger partial charge in [0.1, 0.15) is 0 Å². The largest absolute Gasteiger partial charge is 0.354 e. The van der Waals surface area contributed by atoms with Crippen molar-refractivity contribution in [2.75, 3.05) is 26.7 Å². The van der Waals surface area contributed by atoms with Crippen LogP contribution < -0.4 is 10.6 Å². The Kier molecular flexibility index (Phi) is 9.02. The van der Waals surface area contributed by atoms with Gasteiger partial charge in [0.2, 0.25) is 5.91 Å². The average molecular weight is 257 g/mol. The van der Waals surface area contributed by atoms with E-state index in [4.69, 9.17) is 0 Å². The van der Waals surface area contributed by atoms with E-state index < -0.39 is 0 Å². The van der Waals surface area contributed by atoms with Crippen LogP contribution in [0.1, 0.15) is 41.0 Å². The molecule has 4 nitrogen and oxygen atoms in total. The molecule has 0 saturated heterocycles. The van der Waals surface area contributed by atoms with E-state index in [0.29, 0.717) is 12.0 Å². The van der Waals surface area contributed by atoms with Crippen molar-refractivity contribution in [1.82, 2.24) is 15.5 Å². The fourth-order valence-electron chi connectivity index (χ4n) is 1.54. The molecule has 0 heterocycles. The Morgan fingerprint density at radius 1 is 1.22 bits per heavy atom. The summed E-state index contributed by atoms with van der Waals surface area (Å²) in [6, 6.07) is 0.478. The number of hydrogen-bond acceptors (Lipinski definition) is 3. The van der Waals surface area contributed by atoms with E-state index in [9.17, 15) is 4.79 Å². The first-order valence-corrected chi connectivity index (χ1v) is 7.09. The van der Waals surface area contributed by atoms with E-state index in [1.165, 1.54) is 0 Å². The van der Waals surface area contributed by atoms with Gasteiger partial charge in [-0.2, -0.15) is 0 Å². The van der Waals surface area contributed by atoms with E-state index in [2.05, 4.69) is 50.3 Å². The maximum absolute atomic E-state index is 11.7. The van der Waals surface area contributed by atoms with Gasteiger partial charge in [0.05, 0.1) is 6.04 Å². The minimum Gasteiger partial charge on any atom is -0.354 e. The number of nitrogens with zero attached hydrogens (tertiary/aromatic N) is 1. The molecule has 0 aromatic heterocycles. The summed E-state index contributed by atoms with van der Waals surface area (Å²) < 4.78 is 0. The molecule has 0 aliphatic rings. The molecule has 0 radical (unpaired) electrons. The van der Waals surface area contributed by atoms with Gasteiger partial charge in [0.25, 0.3) is 0 Å². The van der Waals surface area contributed by atoms with Crippen molar-refractivity contribution < 1.29 is 4.79 Å². The van der Waals surface area contributed by atoms with Crippen LogP contribution in [-0.4, -0.2) is 49.6 Å². The number of rotatable bonds is 9. The lowest BCUT2D eigenvalue weighted by molar-refractivity contribution is -0.122. The number of nitrogens with one attached hydrogen (secondary N) is 2. The molecule has 0 aliphatic carbocycles. The van der Waals surface area contributed by atoms with Crippen LogP contribution >= 0.6 is 0 Å². The van der Waals surface area contributed by atoms with Crippen molar-refractivity contribution in [3.8, 4) is 0 Å². The molecule has 0 rings (SSSR count). The van der Waals surface area contributed by atoms with Crippen LogP contribution in [0.2, 0.25) is 0 Å². The van der Waals surface area contributed by atoms with E-state index in [1.807, 2.05) is 6.92 Å². The maximum Gasteiger partial charge on any atom is 0.236 e. The zero-order valence-corrected chi connectivity index (χ0v) is 12.9. The molecule has 108 valence electrons. The summed E-state index contributed by atoms with van der Waals surface area (Å²) in [5.74, 6) is 0.590. The molecule has 1 amide bonds. The molecular weight excluding hydrogens is 226 g/mol. The molecule has 0 spiro atoms. The highest BCUT2D eigenvalue weighted by Gasteiger charge is 2.12. The number of carbonyl (C=O) groups excluding carboxylic acids is 1. The van der Waals surface area contributed by atoms with Crippen LogP contribution in [0.3, 0.4) is 0 Å². The fraction of sp³-hybridized carbons (Fsp3) is 0.929. The van der Waals surface area contributed by atoms with Gasteiger partial charge in [-0.15, -0.1) is 0 Å². The molecule has 0 aromatic rings. The highest BCUT2D eigenvalue weighted by molar-refractivity contribution is 5.81. The van der Waals surface area contributed by atoms with Crippen LogP contribution in [0.5, 0.6) is 0 Å². The molecule has 2 unspecified atom stereocenters. The first-order valence-electron chi connectivity index (χ1n) is 7.09. The van der Waals surface area contributed by atoms with E-state index >= 15 is 0 Å². The highest BCUT2D eigenvalue weighted by Crippen LogP contribution is 1.98. The SMILES string of the molecule is CCC(C)N(C)CCNC(C)C(=O)NCC(C)C. The molecule has 2 atom stereocenters. The summed E-state index contributed by atoms with van der Waals surface area (Å²) in [5, 5.41) is 6.20. The summed E-state index contributed by atoms with van der Waals surface area (Å²) >= 11 is 0. The van der Waals surface area contributed by atoms with Crippen LogP contribution in [0, 0.1) is 5.92 Å². The van der Waals surface area contributed by atoms with Crippen molar-refractivity contribution >= 4 is 5.91 Å². The van der Waals surface area contributed by atoms with E-state index in [0.717, 1.165) is 26.1 Å². The smallest absolute Gasteiger partial charge is 0.236 e. The Morgan fingerprint density at radius 3 is 2.33 bits per heavy atom. The first-order chi connectivity index (χ1) is 8.38. The van der Waals surface area contributed by atoms with Gasteiger partial charge in [0, 0.05) is 25.7 Å². The monoisotopic (exact) mass is 257 g/mol. The van der Waals surface area contributed by atoms with Gasteiger partial charge in [0.15, 0.2) is 0 Å². The van der Waals surface area contributed by atoms with Crippen molar-refractivity contribution in [2.24, 2.45) is 5.92 Å². The number of likely N-dealkylation sites (N-methyl/N-ethyl adjacent to an activating group) is 1. The highest BCUT2D eigenvalue weighted by atomic mass is 16.2. The van der Waals surface area contributed by atoms with Crippen molar-refractivity contribution in [3.63, 3.8) is 0 Å². The second-order valence-electron chi connectivity index (χ2n) is 5.55. The van der Waals surface area contributed by atoms with Gasteiger partial charge >= 0.3 is 0 Å². The Hall–Kier alpha value is -0.610. The molecular formula is C14H31N3O. The van der Waals surface area contributed by atoms with Gasteiger partial charge in [-0.25, -0.2) is 0 Å². The molecule has 0 aromatic carbocycles. The topological polar surface area (TPSA) is 44.4 Å². The van der Waals surface area contributed by atoms with E-state index in [-0.39, 0.29) is 11.9 Å². The quantitative estimate of drug-likeness (QED) is 0.657. The Morgan fingerprint density at radius 2 is 1.83 bits per heavy atom. The summed E-state index contributed by atoms with van der Waals surface area (Å²) in [6.07, 6.45) is 1.15. The Labute approximate surface area is 113 Å². The summed E-state index contributed by atoms with van der Waals surface area (Å²) in [7, 11) is 2.12. The Bertz CT molecular complexity index is 231. The van der Waals surface area contributed by atoms with Crippen LogP contribution in [-0.2, 0) is 4.79 Å². The van der Waals surface area contributed by atoms with Gasteiger partial charge in [-0.1, -0.05) is 20.8 Å². The second kappa shape index (κ2) is 9.34. The normalized spacial score (nSPS) is 14.9. The third kappa shape index (κ3) is 7.67. The number of hydrogen-bond donors (Lipinski definition) is 2. The van der Waals surface area contributed by atoms with Crippen LogP contribution in [0.15, 0.2) is 0 Å². The van der Waals surface area contributed by atoms with Crippen molar-refractivity contribution in [1.29, 1.82) is 0 Å². The summed E-state index contributed by atoms with van der Waals surface area (Å²) in [4.78, 5) is 14.0. The minimum atomic E-state index is -0.117. The lowest BCUT2D eigenvalue weighted by atomic mass is 10.2.